The van der Waals surface area contributed by atoms with Gasteiger partial charge in [0.15, 0.2) is 0 Å². The van der Waals surface area contributed by atoms with E-state index in [9.17, 15) is 0 Å². The molecular formula is C21H19N3O. The van der Waals surface area contributed by atoms with E-state index < -0.39 is 0 Å². The number of hydrogen-bond donors (Lipinski definition) is 0. The lowest BCUT2D eigenvalue weighted by atomic mass is 10.1. The van der Waals surface area contributed by atoms with Crippen LogP contribution in [0.5, 0.6) is 5.75 Å². The molecule has 0 aliphatic carbocycles. The third-order valence-electron chi connectivity index (χ3n) is 4.16. The third-order valence-corrected chi connectivity index (χ3v) is 4.16. The van der Waals surface area contributed by atoms with Crippen LogP contribution in [0.4, 0.5) is 0 Å². The van der Waals surface area contributed by atoms with Crippen molar-refractivity contribution in [3.8, 4) is 16.9 Å². The van der Waals surface area contributed by atoms with E-state index in [-0.39, 0.29) is 0 Å². The van der Waals surface area contributed by atoms with Gasteiger partial charge < -0.3 is 4.74 Å². The first-order valence-corrected chi connectivity index (χ1v) is 8.29. The van der Waals surface area contributed by atoms with E-state index >= 15 is 0 Å². The zero-order valence-corrected chi connectivity index (χ0v) is 14.3. The molecule has 0 bridgehead atoms. The summed E-state index contributed by atoms with van der Waals surface area (Å²) in [5.41, 5.74) is 5.34. The Hall–Kier alpha value is -3.14. The highest BCUT2D eigenvalue weighted by atomic mass is 16.5. The molecule has 0 aliphatic rings. The lowest BCUT2D eigenvalue weighted by Gasteiger charge is -2.06. The van der Waals surface area contributed by atoms with Crippen LogP contribution in [-0.4, -0.2) is 14.4 Å². The van der Waals surface area contributed by atoms with Crippen LogP contribution in [-0.2, 0) is 6.61 Å². The molecule has 25 heavy (non-hydrogen) atoms. The summed E-state index contributed by atoms with van der Waals surface area (Å²) in [5.74, 6) is 1.55. The van der Waals surface area contributed by atoms with Gasteiger partial charge in [0.2, 0.25) is 5.78 Å². The minimum Gasteiger partial charge on any atom is -0.487 e. The predicted octanol–water partition coefficient (Wildman–Crippen LogP) is 4.59. The topological polar surface area (TPSA) is 39.4 Å². The molecule has 0 aliphatic heterocycles. The van der Waals surface area contributed by atoms with E-state index in [0.717, 1.165) is 28.6 Å². The summed E-state index contributed by atoms with van der Waals surface area (Å²) in [6, 6.07) is 20.5. The molecule has 4 aromatic rings. The molecule has 2 heterocycles. The normalized spacial score (nSPS) is 11.0. The number of hydrogen-bond acceptors (Lipinski definition) is 3. The SMILES string of the molecule is Cc1cc(C)n2cc(COc3ccc(-c4ccccc4)cc3)nc2n1. The predicted molar refractivity (Wildman–Crippen MR) is 98.7 cm³/mol. The molecule has 4 heteroatoms. The molecule has 0 spiro atoms. The monoisotopic (exact) mass is 329 g/mol. The van der Waals surface area contributed by atoms with Gasteiger partial charge in [-0.25, -0.2) is 9.97 Å². The smallest absolute Gasteiger partial charge is 0.234 e. The number of nitrogens with zero attached hydrogens (tertiary/aromatic N) is 3. The fraction of sp³-hybridized carbons (Fsp3) is 0.143. The minimum atomic E-state index is 0.423. The second kappa shape index (κ2) is 6.40. The zero-order valence-electron chi connectivity index (χ0n) is 14.3. The van der Waals surface area contributed by atoms with E-state index in [0.29, 0.717) is 6.61 Å². The largest absolute Gasteiger partial charge is 0.487 e. The fourth-order valence-electron chi connectivity index (χ4n) is 2.92. The first-order valence-electron chi connectivity index (χ1n) is 8.29. The number of fused-ring (bicyclic) bond motifs is 1. The van der Waals surface area contributed by atoms with Gasteiger partial charge in [0.05, 0.1) is 5.69 Å². The van der Waals surface area contributed by atoms with Crippen molar-refractivity contribution in [3.05, 3.63) is 83.9 Å². The van der Waals surface area contributed by atoms with Crippen LogP contribution in [0.15, 0.2) is 66.9 Å². The summed E-state index contributed by atoms with van der Waals surface area (Å²) < 4.78 is 7.87. The summed E-state index contributed by atoms with van der Waals surface area (Å²) >= 11 is 0. The lowest BCUT2D eigenvalue weighted by Crippen LogP contribution is -1.95. The van der Waals surface area contributed by atoms with E-state index in [1.807, 2.05) is 53.9 Å². The summed E-state index contributed by atoms with van der Waals surface area (Å²) in [5, 5.41) is 0. The Balaban J connectivity index is 1.49. The Kier molecular flexibility index (Phi) is 3.94. The molecular weight excluding hydrogens is 310 g/mol. The Labute approximate surface area is 146 Å². The Morgan fingerprint density at radius 2 is 1.60 bits per heavy atom. The Bertz CT molecular complexity index is 1000. The van der Waals surface area contributed by atoms with Gasteiger partial charge in [-0.15, -0.1) is 0 Å². The van der Waals surface area contributed by atoms with E-state index in [1.54, 1.807) is 0 Å². The molecule has 0 saturated carbocycles. The average molecular weight is 329 g/mol. The summed E-state index contributed by atoms with van der Waals surface area (Å²) in [4.78, 5) is 9.00. The molecule has 124 valence electrons. The van der Waals surface area contributed by atoms with Crippen LogP contribution >= 0.6 is 0 Å². The number of aryl methyl sites for hydroxylation is 2. The molecule has 0 unspecified atom stereocenters. The van der Waals surface area contributed by atoms with Crippen molar-refractivity contribution < 1.29 is 4.74 Å². The van der Waals surface area contributed by atoms with Crippen molar-refractivity contribution in [2.24, 2.45) is 0 Å². The van der Waals surface area contributed by atoms with Gasteiger partial charge in [-0.1, -0.05) is 42.5 Å². The highest BCUT2D eigenvalue weighted by Crippen LogP contribution is 2.22. The highest BCUT2D eigenvalue weighted by molar-refractivity contribution is 5.63. The molecule has 0 saturated heterocycles. The summed E-state index contributed by atoms with van der Waals surface area (Å²) in [6.07, 6.45) is 1.98. The minimum absolute atomic E-state index is 0.423. The van der Waals surface area contributed by atoms with Crippen molar-refractivity contribution in [2.75, 3.05) is 0 Å². The molecule has 4 nitrogen and oxygen atoms in total. The standard InChI is InChI=1S/C21H19N3O/c1-15-12-16(2)24-13-19(23-21(24)22-15)14-25-20-10-8-18(9-11-20)17-6-4-3-5-7-17/h3-13H,14H2,1-2H3. The van der Waals surface area contributed by atoms with Crippen molar-refractivity contribution >= 4 is 5.78 Å². The van der Waals surface area contributed by atoms with Gasteiger partial charge >= 0.3 is 0 Å². The average Bonchev–Trinajstić information content (AvgIpc) is 3.04. The zero-order chi connectivity index (χ0) is 17.2. The molecule has 2 aromatic carbocycles. The van der Waals surface area contributed by atoms with Crippen molar-refractivity contribution in [1.29, 1.82) is 0 Å². The van der Waals surface area contributed by atoms with Gasteiger partial charge in [0, 0.05) is 17.6 Å². The molecule has 0 radical (unpaired) electrons. The van der Waals surface area contributed by atoms with Crippen LogP contribution in [0, 0.1) is 13.8 Å². The van der Waals surface area contributed by atoms with Crippen LogP contribution in [0.25, 0.3) is 16.9 Å². The number of benzene rings is 2. The van der Waals surface area contributed by atoms with Gasteiger partial charge in [0.1, 0.15) is 12.4 Å². The lowest BCUT2D eigenvalue weighted by molar-refractivity contribution is 0.302. The second-order valence-electron chi connectivity index (χ2n) is 6.12. The molecule has 0 atom stereocenters. The van der Waals surface area contributed by atoms with E-state index in [1.165, 1.54) is 11.1 Å². The number of rotatable bonds is 4. The molecule has 2 aromatic heterocycles. The van der Waals surface area contributed by atoms with Crippen LogP contribution in [0.3, 0.4) is 0 Å². The van der Waals surface area contributed by atoms with Gasteiger partial charge in [-0.3, -0.25) is 4.40 Å². The maximum atomic E-state index is 5.88. The third kappa shape index (κ3) is 3.24. The van der Waals surface area contributed by atoms with Crippen LogP contribution in [0.1, 0.15) is 17.1 Å². The quantitative estimate of drug-likeness (QED) is 0.549. The molecule has 0 fully saturated rings. The van der Waals surface area contributed by atoms with Crippen LogP contribution < -0.4 is 4.74 Å². The van der Waals surface area contributed by atoms with Crippen molar-refractivity contribution in [2.45, 2.75) is 20.5 Å². The fourth-order valence-corrected chi connectivity index (χ4v) is 2.92. The number of aromatic nitrogens is 3. The summed E-state index contributed by atoms with van der Waals surface area (Å²) in [7, 11) is 0. The van der Waals surface area contributed by atoms with Crippen molar-refractivity contribution in [3.63, 3.8) is 0 Å². The number of ether oxygens (including phenoxy) is 1. The maximum Gasteiger partial charge on any atom is 0.234 e. The molecule has 4 rings (SSSR count). The maximum absolute atomic E-state index is 5.88. The van der Waals surface area contributed by atoms with Gasteiger partial charge in [-0.05, 0) is 43.2 Å². The Morgan fingerprint density at radius 3 is 2.36 bits per heavy atom. The van der Waals surface area contributed by atoms with Crippen molar-refractivity contribution in [1.82, 2.24) is 14.4 Å². The highest BCUT2D eigenvalue weighted by Gasteiger charge is 2.07. The Morgan fingerprint density at radius 1 is 0.880 bits per heavy atom. The second-order valence-corrected chi connectivity index (χ2v) is 6.12. The van der Waals surface area contributed by atoms with Crippen LogP contribution in [0.2, 0.25) is 0 Å². The van der Waals surface area contributed by atoms with E-state index in [4.69, 9.17) is 4.74 Å². The number of imidazole rings is 1. The first-order chi connectivity index (χ1) is 12.2. The molecule has 0 N–H and O–H groups in total. The molecule has 0 amide bonds. The van der Waals surface area contributed by atoms with E-state index in [2.05, 4.69) is 41.2 Å². The van der Waals surface area contributed by atoms with Gasteiger partial charge in [0.25, 0.3) is 0 Å². The summed E-state index contributed by atoms with van der Waals surface area (Å²) in [6.45, 7) is 4.45. The van der Waals surface area contributed by atoms with Gasteiger partial charge in [-0.2, -0.15) is 0 Å². The first kappa shape index (κ1) is 15.4.